The Hall–Kier alpha value is -0.830. The van der Waals surface area contributed by atoms with E-state index in [-0.39, 0.29) is 28.8 Å². The molecule has 0 saturated heterocycles. The quantitative estimate of drug-likeness (QED) is 0.623. The molecular formula is C17H28O3. The van der Waals surface area contributed by atoms with Gasteiger partial charge in [-0.25, -0.2) is 0 Å². The zero-order valence-electron chi connectivity index (χ0n) is 13.4. The molecular weight excluding hydrogens is 252 g/mol. The fourth-order valence-corrected chi connectivity index (χ4v) is 4.55. The standard InChI is InChI=1S/C17H28O3/c1-11-6-7-14-16(3,4)15(19)8-9-17(14,5)13(11)10-20-12(2)18/h6,13-15,19H,7-10H2,1-5H3/t13-,14?,15-,17+/m1/s1. The molecule has 0 aromatic carbocycles. The van der Waals surface area contributed by atoms with E-state index < -0.39 is 0 Å². The molecule has 114 valence electrons. The van der Waals surface area contributed by atoms with Gasteiger partial charge in [-0.2, -0.15) is 0 Å². The Morgan fingerprint density at radius 3 is 2.70 bits per heavy atom. The molecule has 0 amide bonds. The predicted molar refractivity (Wildman–Crippen MR) is 79.1 cm³/mol. The molecule has 0 aromatic rings. The van der Waals surface area contributed by atoms with Crippen molar-refractivity contribution in [1.29, 1.82) is 0 Å². The molecule has 0 spiro atoms. The molecule has 1 saturated carbocycles. The lowest BCUT2D eigenvalue weighted by atomic mass is 9.48. The third kappa shape index (κ3) is 2.41. The molecule has 3 heteroatoms. The van der Waals surface area contributed by atoms with Crippen molar-refractivity contribution in [3.8, 4) is 0 Å². The van der Waals surface area contributed by atoms with Crippen molar-refractivity contribution in [2.75, 3.05) is 6.61 Å². The van der Waals surface area contributed by atoms with Crippen molar-refractivity contribution >= 4 is 5.97 Å². The molecule has 1 N–H and O–H groups in total. The Labute approximate surface area is 122 Å². The van der Waals surface area contributed by atoms with Crippen molar-refractivity contribution in [2.24, 2.45) is 22.7 Å². The number of carbonyl (C=O) groups is 1. The van der Waals surface area contributed by atoms with Crippen LogP contribution in [0.3, 0.4) is 0 Å². The summed E-state index contributed by atoms with van der Waals surface area (Å²) in [6.45, 7) is 10.8. The molecule has 4 atom stereocenters. The molecule has 2 aliphatic carbocycles. The van der Waals surface area contributed by atoms with Crippen molar-refractivity contribution in [2.45, 2.75) is 60.0 Å². The Bertz CT molecular complexity index is 424. The zero-order chi connectivity index (χ0) is 15.1. The number of hydrogen-bond donors (Lipinski definition) is 1. The van der Waals surface area contributed by atoms with E-state index in [1.54, 1.807) is 0 Å². The molecule has 0 aliphatic heterocycles. The molecule has 0 radical (unpaired) electrons. The molecule has 1 fully saturated rings. The molecule has 20 heavy (non-hydrogen) atoms. The van der Waals surface area contributed by atoms with Gasteiger partial charge in [0.15, 0.2) is 0 Å². The second-order valence-electron chi connectivity index (χ2n) is 7.47. The summed E-state index contributed by atoms with van der Waals surface area (Å²) in [5.41, 5.74) is 1.35. The first-order valence-corrected chi connectivity index (χ1v) is 7.67. The van der Waals surface area contributed by atoms with Gasteiger partial charge >= 0.3 is 5.97 Å². The van der Waals surface area contributed by atoms with Gasteiger partial charge in [0.1, 0.15) is 0 Å². The molecule has 2 aliphatic rings. The molecule has 1 unspecified atom stereocenters. The number of carbonyl (C=O) groups excluding carboxylic acids is 1. The minimum absolute atomic E-state index is 0.0846. The molecule has 0 aromatic heterocycles. The van der Waals surface area contributed by atoms with Gasteiger partial charge in [0, 0.05) is 12.8 Å². The number of fused-ring (bicyclic) bond motifs is 1. The number of esters is 1. The van der Waals surface area contributed by atoms with Gasteiger partial charge in [0.05, 0.1) is 12.7 Å². The van der Waals surface area contributed by atoms with E-state index in [4.69, 9.17) is 4.74 Å². The highest BCUT2D eigenvalue weighted by Crippen LogP contribution is 2.59. The summed E-state index contributed by atoms with van der Waals surface area (Å²) >= 11 is 0. The van der Waals surface area contributed by atoms with Crippen LogP contribution in [0, 0.1) is 22.7 Å². The number of rotatable bonds is 2. The van der Waals surface area contributed by atoms with Gasteiger partial charge in [0.25, 0.3) is 0 Å². The van der Waals surface area contributed by atoms with E-state index in [1.807, 2.05) is 0 Å². The summed E-state index contributed by atoms with van der Waals surface area (Å²) < 4.78 is 5.32. The lowest BCUT2D eigenvalue weighted by molar-refractivity contribution is -0.150. The molecule has 0 bridgehead atoms. The summed E-state index contributed by atoms with van der Waals surface area (Å²) in [5, 5.41) is 10.4. The van der Waals surface area contributed by atoms with E-state index in [2.05, 4.69) is 33.8 Å². The van der Waals surface area contributed by atoms with Crippen molar-refractivity contribution in [3.05, 3.63) is 11.6 Å². The van der Waals surface area contributed by atoms with Crippen molar-refractivity contribution < 1.29 is 14.6 Å². The van der Waals surface area contributed by atoms with Gasteiger partial charge in [-0.05, 0) is 42.9 Å². The summed E-state index contributed by atoms with van der Waals surface area (Å²) in [6, 6.07) is 0. The average Bonchev–Trinajstić information content (AvgIpc) is 2.33. The van der Waals surface area contributed by atoms with Crippen LogP contribution < -0.4 is 0 Å². The maximum atomic E-state index is 11.2. The van der Waals surface area contributed by atoms with Gasteiger partial charge in [-0.3, -0.25) is 4.79 Å². The number of ether oxygens (including phenoxy) is 1. The summed E-state index contributed by atoms with van der Waals surface area (Å²) in [6.07, 6.45) is 4.90. The van der Waals surface area contributed by atoms with E-state index in [0.717, 1.165) is 19.3 Å². The fraction of sp³-hybridized carbons (Fsp3) is 0.824. The lowest BCUT2D eigenvalue weighted by Gasteiger charge is -2.58. The third-order valence-electron chi connectivity index (χ3n) is 5.98. The van der Waals surface area contributed by atoms with Gasteiger partial charge in [-0.1, -0.05) is 32.4 Å². The second kappa shape index (κ2) is 5.18. The van der Waals surface area contributed by atoms with Crippen LogP contribution in [0.15, 0.2) is 11.6 Å². The number of allylic oxidation sites excluding steroid dienone is 1. The van der Waals surface area contributed by atoms with Crippen molar-refractivity contribution in [1.82, 2.24) is 0 Å². The Kier molecular flexibility index (Phi) is 4.03. The van der Waals surface area contributed by atoms with Crippen LogP contribution >= 0.6 is 0 Å². The van der Waals surface area contributed by atoms with Gasteiger partial charge in [0.2, 0.25) is 0 Å². The minimum Gasteiger partial charge on any atom is -0.465 e. The Morgan fingerprint density at radius 1 is 1.45 bits per heavy atom. The van der Waals surface area contributed by atoms with Crippen LogP contribution in [-0.2, 0) is 9.53 Å². The van der Waals surface area contributed by atoms with Crippen LogP contribution in [0.4, 0.5) is 0 Å². The Morgan fingerprint density at radius 2 is 2.10 bits per heavy atom. The average molecular weight is 280 g/mol. The van der Waals surface area contributed by atoms with E-state index in [1.165, 1.54) is 12.5 Å². The Balaban J connectivity index is 2.31. The predicted octanol–water partition coefficient (Wildman–Crippen LogP) is 3.32. The smallest absolute Gasteiger partial charge is 0.302 e. The van der Waals surface area contributed by atoms with Crippen LogP contribution in [-0.4, -0.2) is 23.8 Å². The summed E-state index contributed by atoms with van der Waals surface area (Å²) in [7, 11) is 0. The second-order valence-corrected chi connectivity index (χ2v) is 7.47. The topological polar surface area (TPSA) is 46.5 Å². The molecule has 3 nitrogen and oxygen atoms in total. The highest BCUT2D eigenvalue weighted by molar-refractivity contribution is 5.65. The summed E-state index contributed by atoms with van der Waals surface area (Å²) in [4.78, 5) is 11.2. The van der Waals surface area contributed by atoms with Gasteiger partial charge < -0.3 is 9.84 Å². The summed E-state index contributed by atoms with van der Waals surface area (Å²) in [5.74, 6) is 0.499. The van der Waals surface area contributed by atoms with Crippen LogP contribution in [0.2, 0.25) is 0 Å². The minimum atomic E-state index is -0.234. The SMILES string of the molecule is CC(=O)OC[C@@H]1C(C)=CCC2C(C)(C)[C@H](O)CC[C@]21C. The maximum Gasteiger partial charge on any atom is 0.302 e. The lowest BCUT2D eigenvalue weighted by Crippen LogP contribution is -2.54. The normalized spacial score (nSPS) is 39.7. The van der Waals surface area contributed by atoms with Crippen molar-refractivity contribution in [3.63, 3.8) is 0 Å². The number of hydrogen-bond acceptors (Lipinski definition) is 3. The maximum absolute atomic E-state index is 11.2. The first-order chi connectivity index (χ1) is 9.19. The highest BCUT2D eigenvalue weighted by Gasteiger charge is 2.55. The van der Waals surface area contributed by atoms with Crippen LogP contribution in [0.5, 0.6) is 0 Å². The first-order valence-electron chi connectivity index (χ1n) is 7.67. The zero-order valence-corrected chi connectivity index (χ0v) is 13.4. The largest absolute Gasteiger partial charge is 0.465 e. The fourth-order valence-electron chi connectivity index (χ4n) is 4.55. The first kappa shape index (κ1) is 15.6. The van der Waals surface area contributed by atoms with Gasteiger partial charge in [-0.15, -0.1) is 0 Å². The van der Waals surface area contributed by atoms with Crippen LogP contribution in [0.1, 0.15) is 53.9 Å². The van der Waals surface area contributed by atoms with E-state index in [0.29, 0.717) is 12.5 Å². The molecule has 0 heterocycles. The monoisotopic (exact) mass is 280 g/mol. The number of aliphatic hydroxyl groups excluding tert-OH is 1. The number of aliphatic hydroxyl groups is 1. The molecule has 2 rings (SSSR count). The third-order valence-corrected chi connectivity index (χ3v) is 5.98. The van der Waals surface area contributed by atoms with Crippen LogP contribution in [0.25, 0.3) is 0 Å². The highest BCUT2D eigenvalue weighted by atomic mass is 16.5. The van der Waals surface area contributed by atoms with E-state index >= 15 is 0 Å². The van der Waals surface area contributed by atoms with E-state index in [9.17, 15) is 9.90 Å².